The highest BCUT2D eigenvalue weighted by Crippen LogP contribution is 2.43. The van der Waals surface area contributed by atoms with E-state index in [0.29, 0.717) is 37.8 Å². The summed E-state index contributed by atoms with van der Waals surface area (Å²) < 4.78 is 13.0. The number of esters is 1. The fourth-order valence-corrected chi connectivity index (χ4v) is 10.9. The van der Waals surface area contributed by atoms with Crippen LogP contribution in [0.3, 0.4) is 0 Å². The van der Waals surface area contributed by atoms with Crippen molar-refractivity contribution in [3.05, 3.63) is 83.7 Å². The molecular formula is C59H90N6O12. The largest absolute Gasteiger partial charge is 0.456 e. The molecule has 0 aromatic carbocycles. The number of nitrogens with one attached hydrogen (secondary N) is 5. The number of Topliss-reactive ketones (excluding diaryl/α,β-unsaturated/α-hetero) is 1. The zero-order valence-corrected chi connectivity index (χ0v) is 47.1. The van der Waals surface area contributed by atoms with Gasteiger partial charge in [-0.25, -0.2) is 5.43 Å². The number of aliphatic hydroxyl groups is 4. The Morgan fingerprint density at radius 2 is 1.70 bits per heavy atom. The van der Waals surface area contributed by atoms with Crippen molar-refractivity contribution < 1.29 is 58.7 Å². The van der Waals surface area contributed by atoms with Crippen molar-refractivity contribution in [2.75, 3.05) is 6.54 Å². The molecule has 2 bridgehead atoms. The van der Waals surface area contributed by atoms with Crippen molar-refractivity contribution >= 4 is 35.4 Å². The van der Waals surface area contributed by atoms with Gasteiger partial charge < -0.3 is 56.0 Å². The van der Waals surface area contributed by atoms with Crippen LogP contribution in [0.15, 0.2) is 83.7 Å². The number of piperidine rings is 1. The van der Waals surface area contributed by atoms with Crippen LogP contribution in [0, 0.1) is 41.4 Å². The van der Waals surface area contributed by atoms with Crippen molar-refractivity contribution in [3.8, 4) is 0 Å². The monoisotopic (exact) mass is 1070 g/mol. The predicted octanol–water partition coefficient (Wildman–Crippen LogP) is 5.16. The maximum atomic E-state index is 14.5. The van der Waals surface area contributed by atoms with E-state index in [2.05, 4.69) is 46.6 Å². The lowest BCUT2D eigenvalue weighted by Crippen LogP contribution is -2.64. The van der Waals surface area contributed by atoms with Crippen molar-refractivity contribution in [1.29, 1.82) is 0 Å². The van der Waals surface area contributed by atoms with Crippen LogP contribution in [0.2, 0.25) is 0 Å². The normalized spacial score (nSPS) is 35.1. The summed E-state index contributed by atoms with van der Waals surface area (Å²) in [5.41, 5.74) is 4.34. The van der Waals surface area contributed by atoms with Crippen LogP contribution in [0.4, 0.5) is 0 Å². The van der Waals surface area contributed by atoms with Gasteiger partial charge in [-0.15, -0.1) is 0 Å². The molecule has 5 aliphatic rings. The average molecular weight is 1080 g/mol. The van der Waals surface area contributed by atoms with E-state index in [0.717, 1.165) is 24.0 Å². The molecular weight excluding hydrogens is 985 g/mol. The molecule has 16 atom stereocenters. The molecule has 2 unspecified atom stereocenters. The van der Waals surface area contributed by atoms with E-state index in [1.165, 1.54) is 24.1 Å². The first-order valence-corrected chi connectivity index (χ1v) is 28.1. The Morgan fingerprint density at radius 1 is 0.961 bits per heavy atom. The number of aliphatic hydroxyl groups excluding tert-OH is 4. The lowest BCUT2D eigenvalue weighted by molar-refractivity contribution is -0.179. The predicted molar refractivity (Wildman–Crippen MR) is 293 cm³/mol. The van der Waals surface area contributed by atoms with Gasteiger partial charge in [0.05, 0.1) is 30.3 Å². The van der Waals surface area contributed by atoms with Gasteiger partial charge in [-0.3, -0.25) is 29.0 Å². The maximum absolute atomic E-state index is 14.5. The molecule has 77 heavy (non-hydrogen) atoms. The number of amides is 4. The maximum Gasteiger partial charge on any atom is 0.325 e. The number of cyclic esters (lactones) is 1. The van der Waals surface area contributed by atoms with Gasteiger partial charge in [0.2, 0.25) is 17.7 Å². The van der Waals surface area contributed by atoms with Crippen LogP contribution in [0.5, 0.6) is 0 Å². The van der Waals surface area contributed by atoms with E-state index >= 15 is 0 Å². The first kappa shape index (κ1) is 62.6. The first-order chi connectivity index (χ1) is 36.5. The molecule has 5 aliphatic heterocycles. The molecule has 0 aromatic heterocycles. The molecule has 0 aliphatic carbocycles. The number of dihydropyridines is 1. The number of rotatable bonds is 15. The molecule has 1 spiro atoms. The highest BCUT2D eigenvalue weighted by Gasteiger charge is 2.51. The minimum absolute atomic E-state index is 0.00804. The van der Waals surface area contributed by atoms with Crippen molar-refractivity contribution in [3.63, 3.8) is 0 Å². The smallest absolute Gasteiger partial charge is 0.325 e. The SMILES string of the molecule is CC[C@H]1C[C@H](C)[C@@]2(NC1=O)O[C@@H](C[C@H](O)[C@@H](C)CC/C=C/C=C(\C)[C@@H]1C/C=C/C=C/[C@H](O)[C@H](C)[C@@H](O)[C@@H](CCC(C)=O)C(=O)N[C@@H](C(C)C)C(=O)N[C@@H](CC3=CC=CC(O)N3)C(=O)N3CCCC(N3)C(=O)O1)[C@H](C)C=C2C. The highest BCUT2D eigenvalue weighted by molar-refractivity contribution is 5.93. The van der Waals surface area contributed by atoms with Gasteiger partial charge >= 0.3 is 5.97 Å². The molecule has 0 radical (unpaired) electrons. The minimum atomic E-state index is -1.43. The summed E-state index contributed by atoms with van der Waals surface area (Å²) in [6.45, 7) is 18.7. The number of ether oxygens (including phenoxy) is 2. The highest BCUT2D eigenvalue weighted by atomic mass is 16.5. The van der Waals surface area contributed by atoms with Gasteiger partial charge in [-0.05, 0) is 101 Å². The standard InChI is InChI=1S/C59H90N6O12/c1-11-42-31-39(8)59(63-54(42)71)38(7)30-37(6)50(77-59)33-48(68)35(4)20-14-12-15-21-36(5)49-25-17-13-16-24-47(67)41(10)53(70)44(28-27-40(9)66)55(72)62-52(34(2)3)56(73)61-46(32-43-22-18-26-51(69)60-43)57(74)65-29-19-23-45(64-65)58(75)76-49/h12-13,15-18,21-22,24,26,30,34-35,37,39,41-42,44-53,60,64,67-70H,11,14,19-20,23,25,27-29,31-33H2,1-10H3,(H,61,73)(H,62,72)(H,63,71)/b15-12+,17-13+,24-16+,36-21+/t35-,37+,39-,41-,42-,44+,45?,46-,47-,48-,49-,50-,51?,52-,53+,59-/m0/s1. The molecule has 5 rings (SSSR count). The van der Waals surface area contributed by atoms with Crippen molar-refractivity contribution in [2.24, 2.45) is 41.4 Å². The van der Waals surface area contributed by atoms with E-state index in [1.54, 1.807) is 51.2 Å². The Hall–Kier alpha value is -5.24. The summed E-state index contributed by atoms with van der Waals surface area (Å²) >= 11 is 0. The van der Waals surface area contributed by atoms with E-state index in [9.17, 15) is 49.2 Å². The molecule has 0 aromatic rings. The summed E-state index contributed by atoms with van der Waals surface area (Å²) in [5.74, 6) is -5.30. The Bertz CT molecular complexity index is 2290. The number of hydrogen-bond acceptors (Lipinski definition) is 14. The number of hydrogen-bond donors (Lipinski definition) is 9. The van der Waals surface area contributed by atoms with E-state index in [4.69, 9.17) is 9.47 Å². The van der Waals surface area contributed by atoms with Crippen LogP contribution in [-0.4, -0.2) is 128 Å². The minimum Gasteiger partial charge on any atom is -0.456 e. The van der Waals surface area contributed by atoms with E-state index < -0.39 is 95.9 Å². The summed E-state index contributed by atoms with van der Waals surface area (Å²) in [6.07, 6.45) is 18.1. The van der Waals surface area contributed by atoms with Gasteiger partial charge in [0.25, 0.3) is 5.91 Å². The average Bonchev–Trinajstić information content (AvgIpc) is 3.38. The van der Waals surface area contributed by atoms with Crippen LogP contribution in [0.25, 0.3) is 0 Å². The molecule has 18 nitrogen and oxygen atoms in total. The van der Waals surface area contributed by atoms with Gasteiger partial charge in [0, 0.05) is 61.6 Å². The Balaban J connectivity index is 1.34. The molecule has 5 heterocycles. The fraction of sp³-hybridized carbons (Fsp3) is 0.661. The molecule has 4 amide bonds. The molecule has 0 saturated carbocycles. The van der Waals surface area contributed by atoms with E-state index in [1.807, 2.05) is 45.9 Å². The van der Waals surface area contributed by atoms with E-state index in [-0.39, 0.29) is 73.7 Å². The van der Waals surface area contributed by atoms with Crippen molar-refractivity contribution in [2.45, 2.75) is 200 Å². The zero-order valence-electron chi connectivity index (χ0n) is 47.1. The third-order valence-corrected chi connectivity index (χ3v) is 16.2. The molecule has 2 saturated heterocycles. The van der Waals surface area contributed by atoms with Crippen molar-refractivity contribution in [1.82, 2.24) is 31.7 Å². The summed E-state index contributed by atoms with van der Waals surface area (Å²) in [4.78, 5) is 82.1. The molecule has 18 heteroatoms. The Labute approximate surface area is 456 Å². The Kier molecular flexibility index (Phi) is 23.7. The Morgan fingerprint density at radius 3 is 2.39 bits per heavy atom. The quantitative estimate of drug-likeness (QED) is 0.0583. The second kappa shape index (κ2) is 29.1. The van der Waals surface area contributed by atoms with Crippen LogP contribution < -0.4 is 26.7 Å². The van der Waals surface area contributed by atoms with Gasteiger partial charge in [0.15, 0.2) is 5.72 Å². The fourth-order valence-electron chi connectivity index (χ4n) is 10.9. The number of nitrogens with zero attached hydrogens (tertiary/aromatic N) is 1. The van der Waals surface area contributed by atoms with Gasteiger partial charge in [-0.1, -0.05) is 103 Å². The number of ketones is 1. The summed E-state index contributed by atoms with van der Waals surface area (Å²) in [6, 6.07) is -3.36. The third kappa shape index (κ3) is 17.1. The summed E-state index contributed by atoms with van der Waals surface area (Å²) in [7, 11) is 0. The second-order valence-electron chi connectivity index (χ2n) is 22.7. The number of fused-ring (bicyclic) bond motifs is 2. The number of allylic oxidation sites excluding steroid dienone is 7. The van der Waals surface area contributed by atoms with Crippen LogP contribution >= 0.6 is 0 Å². The van der Waals surface area contributed by atoms with Crippen LogP contribution in [0.1, 0.15) is 140 Å². The van der Waals surface area contributed by atoms with Crippen LogP contribution in [-0.2, 0) is 38.2 Å². The summed E-state index contributed by atoms with van der Waals surface area (Å²) in [5, 5.41) is 57.6. The third-order valence-electron chi connectivity index (χ3n) is 16.2. The number of carbonyl (C=O) groups excluding carboxylic acids is 6. The lowest BCUT2D eigenvalue weighted by Gasteiger charge is -2.51. The van der Waals surface area contributed by atoms with Gasteiger partial charge in [-0.2, -0.15) is 0 Å². The lowest BCUT2D eigenvalue weighted by atomic mass is 9.75. The van der Waals surface area contributed by atoms with Gasteiger partial charge in [0.1, 0.15) is 36.2 Å². The second-order valence-corrected chi connectivity index (χ2v) is 22.7. The molecule has 428 valence electrons. The number of hydrazine groups is 1. The molecule has 9 N–H and O–H groups in total. The first-order valence-electron chi connectivity index (χ1n) is 28.1. The number of carbonyl (C=O) groups is 6. The topological polar surface area (TPSA) is 265 Å². The zero-order chi connectivity index (χ0) is 56.7. The molecule has 2 fully saturated rings.